The topological polar surface area (TPSA) is 116 Å². The fourth-order valence-corrected chi connectivity index (χ4v) is 2.20. The number of nitrogens with one attached hydrogen (secondary N) is 1. The van der Waals surface area contributed by atoms with Crippen LogP contribution in [0.25, 0.3) is 0 Å². The van der Waals surface area contributed by atoms with Crippen LogP contribution >= 0.6 is 12.4 Å². The quantitative estimate of drug-likeness (QED) is 0.493. The Morgan fingerprint density at radius 2 is 2.04 bits per heavy atom. The van der Waals surface area contributed by atoms with Gasteiger partial charge in [0.2, 0.25) is 5.91 Å². The molecule has 2 rings (SSSR count). The number of benzene rings is 1. The SMILES string of the molecule is Cc1nn(CCC(=O)Nc2ccccc2N)c(C)c1[N+](=O)[O-].Cl. The zero-order chi connectivity index (χ0) is 16.3. The first kappa shape index (κ1) is 18.4. The van der Waals surface area contributed by atoms with Crippen molar-refractivity contribution >= 4 is 35.4 Å². The van der Waals surface area contributed by atoms with Crippen molar-refractivity contribution in [1.29, 1.82) is 0 Å². The van der Waals surface area contributed by atoms with Gasteiger partial charge in [-0.05, 0) is 26.0 Å². The summed E-state index contributed by atoms with van der Waals surface area (Å²) in [7, 11) is 0. The highest BCUT2D eigenvalue weighted by Crippen LogP contribution is 2.22. The molecule has 0 spiro atoms. The minimum absolute atomic E-state index is 0. The number of carbonyl (C=O) groups excluding carboxylic acids is 1. The van der Waals surface area contributed by atoms with Gasteiger partial charge >= 0.3 is 5.69 Å². The molecule has 1 aromatic heterocycles. The number of nitrogens with zero attached hydrogens (tertiary/aromatic N) is 3. The van der Waals surface area contributed by atoms with Crippen LogP contribution in [0.3, 0.4) is 0 Å². The Balaban J connectivity index is 0.00000264. The molecule has 0 radical (unpaired) electrons. The van der Waals surface area contributed by atoms with E-state index >= 15 is 0 Å². The zero-order valence-corrected chi connectivity index (χ0v) is 13.6. The zero-order valence-electron chi connectivity index (χ0n) is 12.8. The number of nitrogens with two attached hydrogens (primary N) is 1. The Morgan fingerprint density at radius 1 is 1.39 bits per heavy atom. The Bertz CT molecular complexity index is 729. The molecule has 0 aliphatic rings. The summed E-state index contributed by atoms with van der Waals surface area (Å²) in [5.41, 5.74) is 7.56. The van der Waals surface area contributed by atoms with Crippen molar-refractivity contribution in [3.63, 3.8) is 0 Å². The van der Waals surface area contributed by atoms with Gasteiger partial charge in [-0.1, -0.05) is 12.1 Å². The third kappa shape index (κ3) is 4.19. The number of aryl methyl sites for hydroxylation is 2. The van der Waals surface area contributed by atoms with Crippen molar-refractivity contribution in [3.05, 3.63) is 45.8 Å². The van der Waals surface area contributed by atoms with Crippen molar-refractivity contribution in [1.82, 2.24) is 9.78 Å². The van der Waals surface area contributed by atoms with Gasteiger partial charge in [-0.3, -0.25) is 19.6 Å². The molecular formula is C14H18ClN5O3. The van der Waals surface area contributed by atoms with Gasteiger partial charge in [-0.15, -0.1) is 12.4 Å². The van der Waals surface area contributed by atoms with Gasteiger partial charge in [0.25, 0.3) is 0 Å². The van der Waals surface area contributed by atoms with Gasteiger partial charge in [0.05, 0.1) is 22.8 Å². The summed E-state index contributed by atoms with van der Waals surface area (Å²) in [6.45, 7) is 3.46. The molecule has 9 heteroatoms. The van der Waals surface area contributed by atoms with Gasteiger partial charge in [-0.25, -0.2) is 0 Å². The van der Waals surface area contributed by atoms with Crippen LogP contribution in [-0.2, 0) is 11.3 Å². The van der Waals surface area contributed by atoms with E-state index in [1.165, 1.54) is 4.68 Å². The van der Waals surface area contributed by atoms with Crippen LogP contribution in [0.4, 0.5) is 17.1 Å². The van der Waals surface area contributed by atoms with Crippen LogP contribution in [0.2, 0.25) is 0 Å². The van der Waals surface area contributed by atoms with Crippen molar-refractivity contribution < 1.29 is 9.72 Å². The molecular weight excluding hydrogens is 322 g/mol. The third-order valence-electron chi connectivity index (χ3n) is 3.31. The third-order valence-corrected chi connectivity index (χ3v) is 3.31. The van der Waals surface area contributed by atoms with Gasteiger partial charge in [0.15, 0.2) is 0 Å². The number of rotatable bonds is 5. The molecule has 1 aromatic carbocycles. The highest BCUT2D eigenvalue weighted by Gasteiger charge is 2.21. The molecule has 8 nitrogen and oxygen atoms in total. The first-order chi connectivity index (χ1) is 10.4. The summed E-state index contributed by atoms with van der Waals surface area (Å²) >= 11 is 0. The van der Waals surface area contributed by atoms with Crippen LogP contribution in [0, 0.1) is 24.0 Å². The molecule has 0 aliphatic carbocycles. The molecule has 0 saturated heterocycles. The maximum Gasteiger partial charge on any atom is 0.312 e. The van der Waals surface area contributed by atoms with E-state index in [4.69, 9.17) is 5.73 Å². The second kappa shape index (κ2) is 7.59. The van der Waals surface area contributed by atoms with Crippen LogP contribution in [0.15, 0.2) is 24.3 Å². The molecule has 23 heavy (non-hydrogen) atoms. The smallest absolute Gasteiger partial charge is 0.312 e. The number of anilines is 2. The molecule has 0 bridgehead atoms. The molecule has 124 valence electrons. The standard InChI is InChI=1S/C14H17N5O3.ClH/c1-9-14(19(21)22)10(2)18(17-9)8-7-13(20)16-12-6-4-3-5-11(12)15;/h3-6H,7-8,15H2,1-2H3,(H,16,20);1H. The predicted molar refractivity (Wildman–Crippen MR) is 89.7 cm³/mol. The molecule has 2 aromatic rings. The van der Waals surface area contributed by atoms with E-state index in [9.17, 15) is 14.9 Å². The number of hydrogen-bond donors (Lipinski definition) is 2. The number of nitrogen functional groups attached to an aromatic ring is 1. The highest BCUT2D eigenvalue weighted by atomic mass is 35.5. The number of amides is 1. The van der Waals surface area contributed by atoms with Crippen molar-refractivity contribution in [2.24, 2.45) is 0 Å². The molecule has 0 saturated carbocycles. The predicted octanol–water partition coefficient (Wildman–Crippen LogP) is 2.44. The summed E-state index contributed by atoms with van der Waals surface area (Å²) in [4.78, 5) is 22.4. The van der Waals surface area contributed by atoms with E-state index in [2.05, 4.69) is 10.4 Å². The lowest BCUT2D eigenvalue weighted by atomic mass is 10.2. The van der Waals surface area contributed by atoms with Crippen LogP contribution < -0.4 is 11.1 Å². The average Bonchev–Trinajstić information content (AvgIpc) is 2.73. The first-order valence-corrected chi connectivity index (χ1v) is 6.73. The van der Waals surface area contributed by atoms with Crippen LogP contribution in [-0.4, -0.2) is 20.6 Å². The molecule has 0 unspecified atom stereocenters. The number of nitro groups is 1. The maximum absolute atomic E-state index is 11.9. The fraction of sp³-hybridized carbons (Fsp3) is 0.286. The highest BCUT2D eigenvalue weighted by molar-refractivity contribution is 5.93. The monoisotopic (exact) mass is 339 g/mol. The summed E-state index contributed by atoms with van der Waals surface area (Å²) in [6, 6.07) is 6.96. The Kier molecular flexibility index (Phi) is 6.09. The Hall–Kier alpha value is -2.61. The number of halogens is 1. The van der Waals surface area contributed by atoms with E-state index < -0.39 is 4.92 Å². The lowest BCUT2D eigenvalue weighted by molar-refractivity contribution is -0.386. The number of hydrogen-bond acceptors (Lipinski definition) is 5. The van der Waals surface area contributed by atoms with Gasteiger partial charge in [0.1, 0.15) is 11.4 Å². The molecule has 1 heterocycles. The van der Waals surface area contributed by atoms with Gasteiger partial charge in [0, 0.05) is 6.42 Å². The van der Waals surface area contributed by atoms with E-state index in [0.29, 0.717) is 22.8 Å². The summed E-state index contributed by atoms with van der Waals surface area (Å²) in [6.07, 6.45) is 0.146. The van der Waals surface area contributed by atoms with Crippen molar-refractivity contribution in [2.75, 3.05) is 11.1 Å². The van der Waals surface area contributed by atoms with Gasteiger partial charge < -0.3 is 11.1 Å². The minimum atomic E-state index is -0.459. The largest absolute Gasteiger partial charge is 0.397 e. The summed E-state index contributed by atoms with van der Waals surface area (Å²) in [5.74, 6) is -0.229. The first-order valence-electron chi connectivity index (χ1n) is 6.73. The molecule has 3 N–H and O–H groups in total. The van der Waals surface area contributed by atoms with Crippen molar-refractivity contribution in [2.45, 2.75) is 26.8 Å². The molecule has 0 atom stereocenters. The van der Waals surface area contributed by atoms with Crippen LogP contribution in [0.1, 0.15) is 17.8 Å². The van der Waals surface area contributed by atoms with E-state index in [1.807, 2.05) is 0 Å². The number of carbonyl (C=O) groups is 1. The lowest BCUT2D eigenvalue weighted by Gasteiger charge is -2.08. The van der Waals surface area contributed by atoms with E-state index in [0.717, 1.165) is 0 Å². The summed E-state index contributed by atoms with van der Waals surface area (Å²) < 4.78 is 1.47. The fourth-order valence-electron chi connectivity index (χ4n) is 2.20. The Morgan fingerprint density at radius 3 is 2.61 bits per heavy atom. The van der Waals surface area contributed by atoms with E-state index in [-0.39, 0.29) is 37.0 Å². The summed E-state index contributed by atoms with van der Waals surface area (Å²) in [5, 5.41) is 17.7. The van der Waals surface area contributed by atoms with E-state index in [1.54, 1.807) is 38.1 Å². The number of para-hydroxylation sites is 2. The second-order valence-electron chi connectivity index (χ2n) is 4.89. The van der Waals surface area contributed by atoms with Crippen LogP contribution in [0.5, 0.6) is 0 Å². The maximum atomic E-state index is 11.9. The lowest BCUT2D eigenvalue weighted by Crippen LogP contribution is -2.16. The van der Waals surface area contributed by atoms with Crippen molar-refractivity contribution in [3.8, 4) is 0 Å². The normalized spacial score (nSPS) is 10.0. The number of aromatic nitrogens is 2. The average molecular weight is 340 g/mol. The molecule has 1 amide bonds. The Labute approximate surface area is 139 Å². The molecule has 0 fully saturated rings. The van der Waals surface area contributed by atoms with Gasteiger partial charge in [-0.2, -0.15) is 5.10 Å². The minimum Gasteiger partial charge on any atom is -0.397 e. The second-order valence-corrected chi connectivity index (χ2v) is 4.89. The molecule has 0 aliphatic heterocycles.